The van der Waals surface area contributed by atoms with E-state index in [1.54, 1.807) is 7.05 Å². The average Bonchev–Trinajstić information content (AvgIpc) is 2.44. The molecular weight excluding hydrogens is 252 g/mol. The Labute approximate surface area is 123 Å². The first kappa shape index (κ1) is 17.4. The molecule has 1 saturated carbocycles. The summed E-state index contributed by atoms with van der Waals surface area (Å²) in [6.07, 6.45) is 7.58. The molecule has 0 heterocycles. The first-order valence-corrected chi connectivity index (χ1v) is 8.09. The van der Waals surface area contributed by atoms with Gasteiger partial charge in [-0.3, -0.25) is 4.79 Å². The first-order valence-electron chi connectivity index (χ1n) is 8.09. The Morgan fingerprint density at radius 2 is 2.05 bits per heavy atom. The van der Waals surface area contributed by atoms with Gasteiger partial charge in [-0.15, -0.1) is 0 Å². The minimum Gasteiger partial charge on any atom is -0.480 e. The fourth-order valence-corrected chi connectivity index (χ4v) is 3.59. The van der Waals surface area contributed by atoms with Gasteiger partial charge in [0.15, 0.2) is 0 Å². The number of likely N-dealkylation sites (N-methyl/N-ethyl adjacent to an activating group) is 1. The van der Waals surface area contributed by atoms with E-state index in [0.717, 1.165) is 18.9 Å². The van der Waals surface area contributed by atoms with Crippen molar-refractivity contribution >= 4 is 5.97 Å². The predicted octanol–water partition coefficient (Wildman–Crippen LogP) is 2.73. The Hall–Kier alpha value is -0.610. The second-order valence-electron chi connectivity index (χ2n) is 6.40. The minimum atomic E-state index is -0.751. The van der Waals surface area contributed by atoms with E-state index in [2.05, 4.69) is 24.2 Å². The van der Waals surface area contributed by atoms with Crippen molar-refractivity contribution in [3.05, 3.63) is 0 Å². The van der Waals surface area contributed by atoms with Crippen LogP contribution in [0.3, 0.4) is 0 Å². The molecule has 0 radical (unpaired) electrons. The van der Waals surface area contributed by atoms with E-state index in [1.165, 1.54) is 25.7 Å². The molecule has 0 aromatic heterocycles. The predicted molar refractivity (Wildman–Crippen MR) is 83.0 cm³/mol. The number of nitrogens with zero attached hydrogens (tertiary/aromatic N) is 1. The fourth-order valence-electron chi connectivity index (χ4n) is 3.59. The number of hydrogen-bond acceptors (Lipinski definition) is 3. The number of carbonyl (C=O) groups is 1. The molecule has 0 saturated heterocycles. The molecule has 1 aliphatic rings. The molecule has 0 bridgehead atoms. The summed E-state index contributed by atoms with van der Waals surface area (Å²) >= 11 is 0. The molecule has 4 nitrogen and oxygen atoms in total. The maximum absolute atomic E-state index is 11.4. The van der Waals surface area contributed by atoms with Crippen LogP contribution >= 0.6 is 0 Å². The van der Waals surface area contributed by atoms with Gasteiger partial charge in [-0.1, -0.05) is 26.7 Å². The Morgan fingerprint density at radius 3 is 2.55 bits per heavy atom. The number of rotatable bonds is 8. The van der Waals surface area contributed by atoms with Gasteiger partial charge in [-0.25, -0.2) is 0 Å². The van der Waals surface area contributed by atoms with E-state index in [4.69, 9.17) is 0 Å². The van der Waals surface area contributed by atoms with Crippen molar-refractivity contribution in [1.29, 1.82) is 0 Å². The molecule has 1 rings (SSSR count). The summed E-state index contributed by atoms with van der Waals surface area (Å²) in [7, 11) is 3.95. The Kier molecular flexibility index (Phi) is 6.96. The molecule has 118 valence electrons. The highest BCUT2D eigenvalue weighted by Gasteiger charge is 2.34. The van der Waals surface area contributed by atoms with Crippen LogP contribution < -0.4 is 5.32 Å². The maximum Gasteiger partial charge on any atom is 0.323 e. The second-order valence-corrected chi connectivity index (χ2v) is 6.40. The molecule has 3 atom stereocenters. The molecule has 20 heavy (non-hydrogen) atoms. The van der Waals surface area contributed by atoms with Gasteiger partial charge in [-0.2, -0.15) is 0 Å². The fraction of sp³-hybridized carbons (Fsp3) is 0.938. The van der Waals surface area contributed by atoms with Gasteiger partial charge in [-0.05, 0) is 58.7 Å². The van der Waals surface area contributed by atoms with Crippen LogP contribution in [0, 0.1) is 5.92 Å². The zero-order valence-electron chi connectivity index (χ0n) is 13.6. The summed E-state index contributed by atoms with van der Waals surface area (Å²) in [6, 6.07) is 0.680. The molecule has 0 aliphatic heterocycles. The minimum absolute atomic E-state index is 0.627. The number of nitrogens with one attached hydrogen (secondary N) is 1. The van der Waals surface area contributed by atoms with Crippen molar-refractivity contribution in [3.8, 4) is 0 Å². The molecule has 1 aliphatic carbocycles. The SMILES string of the molecule is CCC(CCCN(C)C1CCCCC1C)(NC)C(=O)O. The molecule has 3 unspecified atom stereocenters. The zero-order chi connectivity index (χ0) is 15.2. The Balaban J connectivity index is 2.44. The normalized spacial score (nSPS) is 26.4. The molecular formula is C16H32N2O2. The van der Waals surface area contributed by atoms with Crippen molar-refractivity contribution in [2.24, 2.45) is 5.92 Å². The summed E-state index contributed by atoms with van der Waals surface area (Å²) in [4.78, 5) is 13.9. The van der Waals surface area contributed by atoms with Crippen molar-refractivity contribution in [2.45, 2.75) is 70.4 Å². The van der Waals surface area contributed by atoms with Gasteiger partial charge in [0.2, 0.25) is 0 Å². The lowest BCUT2D eigenvalue weighted by molar-refractivity contribution is -0.145. The summed E-state index contributed by atoms with van der Waals surface area (Å²) in [6.45, 7) is 5.28. The van der Waals surface area contributed by atoms with Gasteiger partial charge < -0.3 is 15.3 Å². The zero-order valence-corrected chi connectivity index (χ0v) is 13.6. The summed E-state index contributed by atoms with van der Waals surface area (Å²) < 4.78 is 0. The second kappa shape index (κ2) is 7.99. The summed E-state index contributed by atoms with van der Waals surface area (Å²) in [5, 5.41) is 12.4. The van der Waals surface area contributed by atoms with Gasteiger partial charge in [0, 0.05) is 6.04 Å². The Bertz CT molecular complexity index is 303. The van der Waals surface area contributed by atoms with E-state index >= 15 is 0 Å². The van der Waals surface area contributed by atoms with Crippen LogP contribution in [-0.4, -0.2) is 48.2 Å². The van der Waals surface area contributed by atoms with Crippen molar-refractivity contribution in [1.82, 2.24) is 10.2 Å². The van der Waals surface area contributed by atoms with E-state index < -0.39 is 11.5 Å². The van der Waals surface area contributed by atoms with Gasteiger partial charge >= 0.3 is 5.97 Å². The van der Waals surface area contributed by atoms with Crippen molar-refractivity contribution in [2.75, 3.05) is 20.6 Å². The monoisotopic (exact) mass is 284 g/mol. The van der Waals surface area contributed by atoms with Crippen LogP contribution in [0.4, 0.5) is 0 Å². The molecule has 0 amide bonds. The lowest BCUT2D eigenvalue weighted by atomic mass is 9.84. The van der Waals surface area contributed by atoms with Crippen molar-refractivity contribution < 1.29 is 9.90 Å². The third kappa shape index (κ3) is 4.19. The molecule has 0 aromatic carbocycles. The largest absolute Gasteiger partial charge is 0.480 e. The quantitative estimate of drug-likeness (QED) is 0.719. The lowest BCUT2D eigenvalue weighted by Gasteiger charge is -2.37. The third-order valence-electron chi connectivity index (χ3n) is 5.24. The van der Waals surface area contributed by atoms with Crippen LogP contribution in [0.5, 0.6) is 0 Å². The van der Waals surface area contributed by atoms with Crippen LogP contribution in [0.1, 0.15) is 58.8 Å². The van der Waals surface area contributed by atoms with Gasteiger partial charge in [0.25, 0.3) is 0 Å². The van der Waals surface area contributed by atoms with Gasteiger partial charge in [0.05, 0.1) is 0 Å². The highest BCUT2D eigenvalue weighted by atomic mass is 16.4. The molecule has 2 N–H and O–H groups in total. The van der Waals surface area contributed by atoms with Crippen LogP contribution in [-0.2, 0) is 4.79 Å². The molecule has 4 heteroatoms. The number of aliphatic carboxylic acids is 1. The van der Waals surface area contributed by atoms with Gasteiger partial charge in [0.1, 0.15) is 5.54 Å². The number of hydrogen-bond donors (Lipinski definition) is 2. The van der Waals surface area contributed by atoms with Crippen LogP contribution in [0.25, 0.3) is 0 Å². The number of carboxylic acid groups (broad SMARTS) is 1. The van der Waals surface area contributed by atoms with Crippen LogP contribution in [0.2, 0.25) is 0 Å². The van der Waals surface area contributed by atoms with E-state index in [1.807, 2.05) is 6.92 Å². The topological polar surface area (TPSA) is 52.6 Å². The molecule has 0 aromatic rings. The lowest BCUT2D eigenvalue weighted by Crippen LogP contribution is -2.50. The average molecular weight is 284 g/mol. The summed E-state index contributed by atoms with van der Waals surface area (Å²) in [5.74, 6) is 0.0460. The maximum atomic E-state index is 11.4. The Morgan fingerprint density at radius 1 is 1.40 bits per heavy atom. The third-order valence-corrected chi connectivity index (χ3v) is 5.24. The standard InChI is InChI=1S/C16H32N2O2/c1-5-16(17-3,15(19)20)11-8-12-18(4)14-10-7-6-9-13(14)2/h13-14,17H,5-12H2,1-4H3,(H,19,20). The summed E-state index contributed by atoms with van der Waals surface area (Å²) in [5.41, 5.74) is -0.751. The first-order chi connectivity index (χ1) is 9.46. The van der Waals surface area contributed by atoms with E-state index in [0.29, 0.717) is 18.9 Å². The molecule has 1 fully saturated rings. The van der Waals surface area contributed by atoms with E-state index in [9.17, 15) is 9.90 Å². The smallest absolute Gasteiger partial charge is 0.323 e. The van der Waals surface area contributed by atoms with E-state index in [-0.39, 0.29) is 0 Å². The number of carboxylic acids is 1. The van der Waals surface area contributed by atoms with Crippen molar-refractivity contribution in [3.63, 3.8) is 0 Å². The highest BCUT2D eigenvalue weighted by molar-refractivity contribution is 5.78. The highest BCUT2D eigenvalue weighted by Crippen LogP contribution is 2.28. The molecule has 0 spiro atoms. The van der Waals surface area contributed by atoms with Crippen LogP contribution in [0.15, 0.2) is 0 Å².